The second-order valence-electron chi connectivity index (χ2n) is 8.29. The number of amides is 1. The van der Waals surface area contributed by atoms with Crippen molar-refractivity contribution in [2.45, 2.75) is 64.0 Å². The van der Waals surface area contributed by atoms with Crippen molar-refractivity contribution in [2.24, 2.45) is 11.8 Å². The van der Waals surface area contributed by atoms with E-state index in [-0.39, 0.29) is 0 Å². The molecule has 136 valence electrons. The summed E-state index contributed by atoms with van der Waals surface area (Å²) in [6.45, 7) is 4.03. The number of aromatic nitrogens is 1. The normalized spacial score (nSPS) is 28.6. The van der Waals surface area contributed by atoms with Gasteiger partial charge in [-0.2, -0.15) is 0 Å². The van der Waals surface area contributed by atoms with E-state index >= 15 is 0 Å². The summed E-state index contributed by atoms with van der Waals surface area (Å²) in [4.78, 5) is 22.5. The van der Waals surface area contributed by atoms with E-state index in [0.717, 1.165) is 44.7 Å². The number of hydrogen-bond donors (Lipinski definition) is 0. The van der Waals surface area contributed by atoms with Gasteiger partial charge in [-0.15, -0.1) is 0 Å². The first-order valence-electron chi connectivity index (χ1n) is 10.2. The molecular formula is C21H31N3O. The van der Waals surface area contributed by atoms with Gasteiger partial charge in [-0.1, -0.05) is 31.7 Å². The molecule has 0 spiro atoms. The lowest BCUT2D eigenvalue weighted by atomic mass is 9.91. The van der Waals surface area contributed by atoms with Crippen LogP contribution in [0.1, 0.15) is 57.1 Å². The number of pyridine rings is 1. The van der Waals surface area contributed by atoms with Crippen LogP contribution >= 0.6 is 0 Å². The summed E-state index contributed by atoms with van der Waals surface area (Å²) in [5.74, 6) is 1.40. The molecule has 25 heavy (non-hydrogen) atoms. The van der Waals surface area contributed by atoms with Gasteiger partial charge < -0.3 is 4.90 Å². The first-order chi connectivity index (χ1) is 12.3. The van der Waals surface area contributed by atoms with Gasteiger partial charge in [-0.3, -0.25) is 14.7 Å². The third kappa shape index (κ3) is 4.05. The van der Waals surface area contributed by atoms with Gasteiger partial charge in [0.1, 0.15) is 0 Å². The predicted octanol–water partition coefficient (Wildman–Crippen LogP) is 3.47. The molecule has 1 amide bonds. The molecule has 0 N–H and O–H groups in total. The van der Waals surface area contributed by atoms with Gasteiger partial charge in [-0.25, -0.2) is 0 Å². The molecule has 2 atom stereocenters. The number of hydrogen-bond acceptors (Lipinski definition) is 3. The van der Waals surface area contributed by atoms with Crippen LogP contribution in [0.5, 0.6) is 0 Å². The molecule has 1 aliphatic carbocycles. The van der Waals surface area contributed by atoms with Crippen molar-refractivity contribution in [3.8, 4) is 0 Å². The second kappa shape index (κ2) is 7.86. The predicted molar refractivity (Wildman–Crippen MR) is 98.9 cm³/mol. The zero-order valence-electron chi connectivity index (χ0n) is 15.3. The SMILES string of the molecule is O=C(C1CCCCCC1)N1C[C@@H]2CC[C@H]1CN(Cc1ccccn1)C2. The molecule has 0 aromatic carbocycles. The van der Waals surface area contributed by atoms with Gasteiger partial charge in [-0.05, 0) is 43.7 Å². The topological polar surface area (TPSA) is 36.4 Å². The quantitative estimate of drug-likeness (QED) is 0.790. The fourth-order valence-corrected chi connectivity index (χ4v) is 5.06. The summed E-state index contributed by atoms with van der Waals surface area (Å²) in [5, 5.41) is 0. The van der Waals surface area contributed by atoms with Crippen LogP contribution in [-0.4, -0.2) is 46.4 Å². The summed E-state index contributed by atoms with van der Waals surface area (Å²) >= 11 is 0. The Morgan fingerprint density at radius 2 is 1.84 bits per heavy atom. The maximum absolute atomic E-state index is 13.2. The molecule has 3 aliphatic heterocycles. The number of nitrogens with zero attached hydrogens (tertiary/aromatic N) is 3. The average Bonchev–Trinajstić information content (AvgIpc) is 3.08. The zero-order valence-corrected chi connectivity index (χ0v) is 15.3. The highest BCUT2D eigenvalue weighted by atomic mass is 16.2. The van der Waals surface area contributed by atoms with E-state index in [1.54, 1.807) is 0 Å². The first kappa shape index (κ1) is 17.0. The molecule has 1 aromatic heterocycles. The Balaban J connectivity index is 1.43. The smallest absolute Gasteiger partial charge is 0.225 e. The fourth-order valence-electron chi connectivity index (χ4n) is 5.06. The highest BCUT2D eigenvalue weighted by Crippen LogP contribution is 2.32. The third-order valence-electron chi connectivity index (χ3n) is 6.39. The molecule has 1 aromatic rings. The molecule has 2 bridgehead atoms. The highest BCUT2D eigenvalue weighted by molar-refractivity contribution is 5.79. The van der Waals surface area contributed by atoms with Crippen LogP contribution in [0.2, 0.25) is 0 Å². The highest BCUT2D eigenvalue weighted by Gasteiger charge is 2.39. The van der Waals surface area contributed by atoms with E-state index in [1.807, 2.05) is 12.3 Å². The summed E-state index contributed by atoms with van der Waals surface area (Å²) in [6.07, 6.45) is 11.7. The lowest BCUT2D eigenvalue weighted by Gasteiger charge is -2.38. The van der Waals surface area contributed by atoms with E-state index in [0.29, 0.717) is 23.8 Å². The molecule has 0 radical (unpaired) electrons. The van der Waals surface area contributed by atoms with Crippen molar-refractivity contribution in [3.05, 3.63) is 30.1 Å². The summed E-state index contributed by atoms with van der Waals surface area (Å²) in [6, 6.07) is 6.57. The molecular weight excluding hydrogens is 310 g/mol. The molecule has 3 saturated heterocycles. The molecule has 1 saturated carbocycles. The maximum atomic E-state index is 13.2. The van der Waals surface area contributed by atoms with Gasteiger partial charge in [0.25, 0.3) is 0 Å². The van der Waals surface area contributed by atoms with Crippen molar-refractivity contribution in [3.63, 3.8) is 0 Å². The Labute approximate surface area is 151 Å². The number of fused-ring (bicyclic) bond motifs is 4. The number of carbonyl (C=O) groups is 1. The van der Waals surface area contributed by atoms with E-state index in [4.69, 9.17) is 0 Å². The van der Waals surface area contributed by atoms with Gasteiger partial charge in [0.15, 0.2) is 0 Å². The van der Waals surface area contributed by atoms with Gasteiger partial charge in [0.05, 0.1) is 5.69 Å². The lowest BCUT2D eigenvalue weighted by molar-refractivity contribution is -0.140. The van der Waals surface area contributed by atoms with Gasteiger partial charge in [0, 0.05) is 44.3 Å². The van der Waals surface area contributed by atoms with E-state index < -0.39 is 0 Å². The maximum Gasteiger partial charge on any atom is 0.225 e. The number of carbonyl (C=O) groups excluding carboxylic acids is 1. The summed E-state index contributed by atoms with van der Waals surface area (Å²) < 4.78 is 0. The van der Waals surface area contributed by atoms with Crippen LogP contribution in [0.3, 0.4) is 0 Å². The van der Waals surface area contributed by atoms with Crippen molar-refractivity contribution in [1.29, 1.82) is 0 Å². The Morgan fingerprint density at radius 1 is 1.00 bits per heavy atom. The minimum Gasteiger partial charge on any atom is -0.338 e. The number of rotatable bonds is 3. The Morgan fingerprint density at radius 3 is 2.60 bits per heavy atom. The summed E-state index contributed by atoms with van der Waals surface area (Å²) in [7, 11) is 0. The molecule has 4 heterocycles. The lowest BCUT2D eigenvalue weighted by Crippen LogP contribution is -2.49. The zero-order chi connectivity index (χ0) is 17.1. The molecule has 4 heteroatoms. The van der Waals surface area contributed by atoms with Crippen LogP contribution in [0.15, 0.2) is 24.4 Å². The van der Waals surface area contributed by atoms with E-state index in [1.165, 1.54) is 38.5 Å². The number of piperidine rings is 1. The molecule has 4 aliphatic rings. The van der Waals surface area contributed by atoms with Crippen LogP contribution in [-0.2, 0) is 11.3 Å². The molecule has 4 nitrogen and oxygen atoms in total. The fraction of sp³-hybridized carbons (Fsp3) is 0.714. The van der Waals surface area contributed by atoms with Crippen molar-refractivity contribution < 1.29 is 4.79 Å². The van der Waals surface area contributed by atoms with E-state index in [9.17, 15) is 4.79 Å². The molecule has 5 rings (SSSR count). The minimum atomic E-state index is 0.297. The van der Waals surface area contributed by atoms with Gasteiger partial charge >= 0.3 is 0 Å². The van der Waals surface area contributed by atoms with Crippen molar-refractivity contribution in [2.75, 3.05) is 19.6 Å². The van der Waals surface area contributed by atoms with Crippen molar-refractivity contribution in [1.82, 2.24) is 14.8 Å². The Hall–Kier alpha value is -1.42. The van der Waals surface area contributed by atoms with Crippen LogP contribution in [0.4, 0.5) is 0 Å². The van der Waals surface area contributed by atoms with Gasteiger partial charge in [0.2, 0.25) is 5.91 Å². The van der Waals surface area contributed by atoms with Crippen LogP contribution < -0.4 is 0 Å². The standard InChI is InChI=1S/C21H31N3O/c25-21(18-7-3-1-2-4-8-18)24-14-17-10-11-20(24)16-23(13-17)15-19-9-5-6-12-22-19/h5-6,9,12,17-18,20H,1-4,7-8,10-11,13-16H2/t17-,20+/m1/s1. The minimum absolute atomic E-state index is 0.297. The largest absolute Gasteiger partial charge is 0.338 e. The molecule has 0 unspecified atom stereocenters. The molecule has 4 fully saturated rings. The van der Waals surface area contributed by atoms with Crippen LogP contribution in [0, 0.1) is 11.8 Å². The monoisotopic (exact) mass is 341 g/mol. The third-order valence-corrected chi connectivity index (χ3v) is 6.39. The Bertz CT molecular complexity index is 568. The average molecular weight is 341 g/mol. The Kier molecular flexibility index (Phi) is 5.35. The van der Waals surface area contributed by atoms with Crippen molar-refractivity contribution >= 4 is 5.91 Å². The summed E-state index contributed by atoms with van der Waals surface area (Å²) in [5.41, 5.74) is 1.14. The van der Waals surface area contributed by atoms with E-state index in [2.05, 4.69) is 26.9 Å². The first-order valence-corrected chi connectivity index (χ1v) is 10.2. The van der Waals surface area contributed by atoms with Crippen LogP contribution in [0.25, 0.3) is 0 Å². The second-order valence-corrected chi connectivity index (χ2v) is 8.29.